The molecule has 2 rings (SSSR count). The van der Waals surface area contributed by atoms with Gasteiger partial charge >= 0.3 is 0 Å². The Morgan fingerprint density at radius 3 is 2.67 bits per heavy atom. The van der Waals surface area contributed by atoms with Crippen molar-refractivity contribution in [1.82, 2.24) is 10.2 Å². The summed E-state index contributed by atoms with van der Waals surface area (Å²) in [6.45, 7) is 6.35. The second-order valence-electron chi connectivity index (χ2n) is 5.24. The highest BCUT2D eigenvalue weighted by Crippen LogP contribution is 2.38. The maximum atomic E-state index is 3.40. The van der Waals surface area contributed by atoms with Crippen molar-refractivity contribution in [2.45, 2.75) is 43.4 Å². The fourth-order valence-corrected chi connectivity index (χ4v) is 4.16. The average Bonchev–Trinajstić information content (AvgIpc) is 2.66. The zero-order valence-electron chi connectivity index (χ0n) is 10.1. The van der Waals surface area contributed by atoms with Crippen LogP contribution in [-0.2, 0) is 0 Å². The molecule has 0 saturated carbocycles. The molecule has 0 spiro atoms. The number of hydrogen-bond donors (Lipinski definition) is 1. The van der Waals surface area contributed by atoms with Gasteiger partial charge in [-0.05, 0) is 58.5 Å². The second-order valence-corrected chi connectivity index (χ2v) is 6.92. The van der Waals surface area contributed by atoms with Crippen molar-refractivity contribution in [1.29, 1.82) is 0 Å². The first-order valence-corrected chi connectivity index (χ1v) is 7.24. The van der Waals surface area contributed by atoms with E-state index in [9.17, 15) is 0 Å². The Labute approximate surface area is 98.2 Å². The van der Waals surface area contributed by atoms with E-state index in [2.05, 4.69) is 35.9 Å². The lowest BCUT2D eigenvalue weighted by atomic mass is 10.0. The first-order chi connectivity index (χ1) is 7.22. The Kier molecular flexibility index (Phi) is 3.97. The summed E-state index contributed by atoms with van der Waals surface area (Å²) in [7, 11) is 2.09. The van der Waals surface area contributed by atoms with E-state index in [-0.39, 0.29) is 0 Å². The van der Waals surface area contributed by atoms with Crippen LogP contribution in [0.5, 0.6) is 0 Å². The lowest BCUT2D eigenvalue weighted by Crippen LogP contribution is -2.45. The van der Waals surface area contributed by atoms with Gasteiger partial charge in [0.1, 0.15) is 0 Å². The number of nitrogens with one attached hydrogen (secondary N) is 1. The predicted molar refractivity (Wildman–Crippen MR) is 68.6 cm³/mol. The van der Waals surface area contributed by atoms with E-state index in [4.69, 9.17) is 0 Å². The van der Waals surface area contributed by atoms with Crippen molar-refractivity contribution in [3.05, 3.63) is 0 Å². The van der Waals surface area contributed by atoms with Gasteiger partial charge in [-0.25, -0.2) is 0 Å². The summed E-state index contributed by atoms with van der Waals surface area (Å²) in [6, 6.07) is 0.769. The molecule has 0 radical (unpaired) electrons. The van der Waals surface area contributed by atoms with Crippen LogP contribution in [0.4, 0.5) is 0 Å². The van der Waals surface area contributed by atoms with Crippen LogP contribution in [0.15, 0.2) is 0 Å². The largest absolute Gasteiger partial charge is 0.317 e. The molecule has 3 heteroatoms. The molecule has 2 heterocycles. The van der Waals surface area contributed by atoms with E-state index >= 15 is 0 Å². The third-order valence-corrected chi connectivity index (χ3v) is 5.38. The third-order valence-electron chi connectivity index (χ3n) is 3.85. The van der Waals surface area contributed by atoms with E-state index in [1.54, 1.807) is 0 Å². The molecule has 0 aromatic carbocycles. The van der Waals surface area contributed by atoms with Gasteiger partial charge in [0.15, 0.2) is 0 Å². The molecule has 1 unspecified atom stereocenters. The van der Waals surface area contributed by atoms with E-state index in [1.165, 1.54) is 51.1 Å². The highest BCUT2D eigenvalue weighted by atomic mass is 32.2. The third kappa shape index (κ3) is 3.11. The quantitative estimate of drug-likeness (QED) is 0.795. The first kappa shape index (κ1) is 11.7. The maximum absolute atomic E-state index is 3.40. The van der Waals surface area contributed by atoms with Crippen LogP contribution in [0.2, 0.25) is 0 Å². The molecule has 2 aliphatic rings. The van der Waals surface area contributed by atoms with Crippen molar-refractivity contribution < 1.29 is 0 Å². The molecule has 1 atom stereocenters. The van der Waals surface area contributed by atoms with Crippen LogP contribution in [0.25, 0.3) is 0 Å². The monoisotopic (exact) mass is 228 g/mol. The molecule has 0 aliphatic carbocycles. The summed E-state index contributed by atoms with van der Waals surface area (Å²) in [5.41, 5.74) is 0. The van der Waals surface area contributed by atoms with Crippen molar-refractivity contribution in [2.24, 2.45) is 0 Å². The summed E-state index contributed by atoms with van der Waals surface area (Å²) in [4.78, 5) is 2.67. The molecule has 2 fully saturated rings. The summed E-state index contributed by atoms with van der Waals surface area (Å²) in [5, 5.41) is 3.40. The number of likely N-dealkylation sites (tertiary alicyclic amines) is 1. The standard InChI is InChI=1S/C12H24N2S/c1-12(6-3-9-15-12)10-14-7-4-11(13-2)5-8-14/h11,13H,3-10H2,1-2H3. The van der Waals surface area contributed by atoms with Crippen LogP contribution in [0, 0.1) is 0 Å². The van der Waals surface area contributed by atoms with Crippen LogP contribution in [-0.4, -0.2) is 48.1 Å². The number of rotatable bonds is 3. The van der Waals surface area contributed by atoms with E-state index in [0.717, 1.165) is 6.04 Å². The van der Waals surface area contributed by atoms with E-state index in [1.807, 2.05) is 0 Å². The van der Waals surface area contributed by atoms with E-state index in [0.29, 0.717) is 4.75 Å². The minimum absolute atomic E-state index is 0.562. The minimum Gasteiger partial charge on any atom is -0.317 e. The predicted octanol–water partition coefficient (Wildman–Crippen LogP) is 1.96. The molecule has 88 valence electrons. The van der Waals surface area contributed by atoms with Crippen molar-refractivity contribution >= 4 is 11.8 Å². The SMILES string of the molecule is CNC1CCN(CC2(C)CCCS2)CC1. The highest BCUT2D eigenvalue weighted by molar-refractivity contribution is 8.00. The number of hydrogen-bond acceptors (Lipinski definition) is 3. The van der Waals surface area contributed by atoms with Crippen molar-refractivity contribution in [3.63, 3.8) is 0 Å². The molecular weight excluding hydrogens is 204 g/mol. The van der Waals surface area contributed by atoms with Gasteiger partial charge in [-0.2, -0.15) is 11.8 Å². The fourth-order valence-electron chi connectivity index (χ4n) is 2.81. The maximum Gasteiger partial charge on any atom is 0.0259 e. The van der Waals surface area contributed by atoms with Gasteiger partial charge in [0, 0.05) is 17.3 Å². The second kappa shape index (κ2) is 5.07. The number of thioether (sulfide) groups is 1. The Morgan fingerprint density at radius 2 is 2.13 bits per heavy atom. The van der Waals surface area contributed by atoms with Crippen molar-refractivity contribution in [2.75, 3.05) is 32.4 Å². The molecule has 2 saturated heterocycles. The molecule has 15 heavy (non-hydrogen) atoms. The number of piperidine rings is 1. The molecule has 0 aromatic rings. The lowest BCUT2D eigenvalue weighted by molar-refractivity contribution is 0.186. The smallest absolute Gasteiger partial charge is 0.0259 e. The number of nitrogens with zero attached hydrogens (tertiary/aromatic N) is 1. The zero-order chi connectivity index (χ0) is 10.7. The summed E-state index contributed by atoms with van der Waals surface area (Å²) < 4.78 is 0.562. The summed E-state index contributed by atoms with van der Waals surface area (Å²) >= 11 is 2.19. The fraction of sp³-hybridized carbons (Fsp3) is 1.00. The molecular formula is C12H24N2S. The molecule has 2 nitrogen and oxygen atoms in total. The van der Waals surface area contributed by atoms with Crippen LogP contribution in [0.1, 0.15) is 32.6 Å². The summed E-state index contributed by atoms with van der Waals surface area (Å²) in [6.07, 6.45) is 5.51. The first-order valence-electron chi connectivity index (χ1n) is 6.25. The Bertz CT molecular complexity index is 194. The molecule has 0 aromatic heterocycles. The lowest BCUT2D eigenvalue weighted by Gasteiger charge is -2.36. The Balaban J connectivity index is 1.76. The van der Waals surface area contributed by atoms with Crippen molar-refractivity contribution in [3.8, 4) is 0 Å². The molecule has 1 N–H and O–H groups in total. The Hall–Kier alpha value is 0.270. The molecule has 2 aliphatic heterocycles. The van der Waals surface area contributed by atoms with Crippen LogP contribution >= 0.6 is 11.8 Å². The molecule has 0 bridgehead atoms. The Morgan fingerprint density at radius 1 is 1.40 bits per heavy atom. The molecule has 0 amide bonds. The van der Waals surface area contributed by atoms with E-state index < -0.39 is 0 Å². The average molecular weight is 228 g/mol. The minimum atomic E-state index is 0.562. The van der Waals surface area contributed by atoms with Crippen LogP contribution < -0.4 is 5.32 Å². The zero-order valence-corrected chi connectivity index (χ0v) is 10.9. The van der Waals surface area contributed by atoms with Gasteiger partial charge in [-0.15, -0.1) is 0 Å². The van der Waals surface area contributed by atoms with Gasteiger partial charge < -0.3 is 10.2 Å². The van der Waals surface area contributed by atoms with Crippen LogP contribution in [0.3, 0.4) is 0 Å². The van der Waals surface area contributed by atoms with Gasteiger partial charge in [-0.1, -0.05) is 0 Å². The van der Waals surface area contributed by atoms with Gasteiger partial charge in [-0.3, -0.25) is 0 Å². The van der Waals surface area contributed by atoms with Gasteiger partial charge in [0.05, 0.1) is 0 Å². The summed E-state index contributed by atoms with van der Waals surface area (Å²) in [5.74, 6) is 1.38. The van der Waals surface area contributed by atoms with Gasteiger partial charge in [0.2, 0.25) is 0 Å². The highest BCUT2D eigenvalue weighted by Gasteiger charge is 2.32. The normalized spacial score (nSPS) is 34.8. The topological polar surface area (TPSA) is 15.3 Å². The van der Waals surface area contributed by atoms with Gasteiger partial charge in [0.25, 0.3) is 0 Å².